The van der Waals surface area contributed by atoms with Crippen LogP contribution in [0.2, 0.25) is 0 Å². The van der Waals surface area contributed by atoms with Gasteiger partial charge in [0.1, 0.15) is 0 Å². The van der Waals surface area contributed by atoms with E-state index in [1.165, 1.54) is 6.07 Å². The topological polar surface area (TPSA) is 58.2 Å². The van der Waals surface area contributed by atoms with Gasteiger partial charge in [0.2, 0.25) is 11.8 Å². The molecular formula is C18H24F2N2O2. The first kappa shape index (κ1) is 18.4. The van der Waals surface area contributed by atoms with Crippen LogP contribution in [0.1, 0.15) is 44.1 Å². The number of nitrogens with one attached hydrogen (secondary N) is 2. The Morgan fingerprint density at radius 2 is 2.04 bits per heavy atom. The summed E-state index contributed by atoms with van der Waals surface area (Å²) in [5.41, 5.74) is 0.746. The molecule has 2 amide bonds. The maximum Gasteiger partial charge on any atom is 0.223 e. The number of amides is 2. The Hall–Kier alpha value is -1.98. The van der Waals surface area contributed by atoms with E-state index in [4.69, 9.17) is 0 Å². The summed E-state index contributed by atoms with van der Waals surface area (Å²) in [5.74, 6) is -2.03. The second kappa shape index (κ2) is 9.35. The van der Waals surface area contributed by atoms with Gasteiger partial charge in [-0.05, 0) is 49.8 Å². The van der Waals surface area contributed by atoms with Crippen LogP contribution >= 0.6 is 0 Å². The van der Waals surface area contributed by atoms with Crippen molar-refractivity contribution in [1.29, 1.82) is 0 Å². The second-order valence-corrected chi connectivity index (χ2v) is 6.24. The van der Waals surface area contributed by atoms with E-state index in [-0.39, 0.29) is 24.2 Å². The highest BCUT2D eigenvalue weighted by Gasteiger charge is 2.23. The van der Waals surface area contributed by atoms with Crippen molar-refractivity contribution in [3.8, 4) is 0 Å². The summed E-state index contributed by atoms with van der Waals surface area (Å²) in [6.45, 7) is 1.22. The summed E-state index contributed by atoms with van der Waals surface area (Å²) < 4.78 is 25.9. The predicted molar refractivity (Wildman–Crippen MR) is 87.3 cm³/mol. The molecular weight excluding hydrogens is 314 g/mol. The van der Waals surface area contributed by atoms with Crippen LogP contribution in [0.25, 0.3) is 0 Å². The van der Waals surface area contributed by atoms with E-state index in [2.05, 4.69) is 10.6 Å². The number of carbonyl (C=O) groups excluding carboxylic acids is 2. The van der Waals surface area contributed by atoms with Gasteiger partial charge < -0.3 is 10.6 Å². The normalized spacial score (nSPS) is 17.9. The van der Waals surface area contributed by atoms with Crippen LogP contribution in [-0.4, -0.2) is 24.9 Å². The molecule has 1 atom stereocenters. The number of rotatable bonds is 7. The summed E-state index contributed by atoms with van der Waals surface area (Å²) in [4.78, 5) is 23.7. The smallest absolute Gasteiger partial charge is 0.223 e. The van der Waals surface area contributed by atoms with Crippen LogP contribution in [0.5, 0.6) is 0 Å². The van der Waals surface area contributed by atoms with E-state index in [1.807, 2.05) is 0 Å². The van der Waals surface area contributed by atoms with Crippen molar-refractivity contribution in [1.82, 2.24) is 10.6 Å². The second-order valence-electron chi connectivity index (χ2n) is 6.24. The molecule has 1 aromatic carbocycles. The van der Waals surface area contributed by atoms with Gasteiger partial charge in [-0.1, -0.05) is 12.5 Å². The lowest BCUT2D eigenvalue weighted by molar-refractivity contribution is -0.130. The highest BCUT2D eigenvalue weighted by Crippen LogP contribution is 2.16. The number of carbonyl (C=O) groups is 2. The Kier molecular flexibility index (Phi) is 7.15. The molecule has 1 heterocycles. The lowest BCUT2D eigenvalue weighted by Crippen LogP contribution is -2.34. The first-order valence-electron chi connectivity index (χ1n) is 8.54. The Labute approximate surface area is 141 Å². The molecule has 2 N–H and O–H groups in total. The number of aryl methyl sites for hydroxylation is 1. The van der Waals surface area contributed by atoms with Gasteiger partial charge in [0.25, 0.3) is 0 Å². The van der Waals surface area contributed by atoms with Gasteiger partial charge in [-0.3, -0.25) is 9.59 Å². The minimum Gasteiger partial charge on any atom is -0.356 e. The van der Waals surface area contributed by atoms with Crippen LogP contribution in [0.3, 0.4) is 0 Å². The molecule has 1 aliphatic heterocycles. The zero-order valence-corrected chi connectivity index (χ0v) is 13.7. The zero-order chi connectivity index (χ0) is 17.4. The summed E-state index contributed by atoms with van der Waals surface area (Å²) in [6.07, 6.45) is 5.08. The molecule has 0 bridgehead atoms. The molecule has 24 heavy (non-hydrogen) atoms. The third kappa shape index (κ3) is 5.91. The Balaban J connectivity index is 1.62. The maximum absolute atomic E-state index is 13.1. The molecule has 0 saturated carbocycles. The molecule has 2 rings (SSSR count). The molecule has 1 fully saturated rings. The van der Waals surface area contributed by atoms with Crippen molar-refractivity contribution >= 4 is 11.8 Å². The predicted octanol–water partition coefficient (Wildman–Crippen LogP) is 2.71. The van der Waals surface area contributed by atoms with E-state index in [9.17, 15) is 18.4 Å². The molecule has 4 nitrogen and oxygen atoms in total. The SMILES string of the molecule is O=C(C[C@@H]1CCCCNC1=O)NCCCCc1ccc(F)c(F)c1. The number of hydrogen-bond donors (Lipinski definition) is 2. The quantitative estimate of drug-likeness (QED) is 0.751. The highest BCUT2D eigenvalue weighted by atomic mass is 19.2. The molecule has 1 saturated heterocycles. The van der Waals surface area contributed by atoms with Gasteiger partial charge in [-0.25, -0.2) is 8.78 Å². The number of hydrogen-bond acceptors (Lipinski definition) is 2. The van der Waals surface area contributed by atoms with Crippen molar-refractivity contribution in [2.45, 2.75) is 44.9 Å². The monoisotopic (exact) mass is 338 g/mol. The van der Waals surface area contributed by atoms with Crippen LogP contribution in [0, 0.1) is 17.6 Å². The van der Waals surface area contributed by atoms with Crippen LogP contribution in [0.15, 0.2) is 18.2 Å². The van der Waals surface area contributed by atoms with E-state index in [0.29, 0.717) is 19.5 Å². The fraction of sp³-hybridized carbons (Fsp3) is 0.556. The molecule has 0 radical (unpaired) electrons. The van der Waals surface area contributed by atoms with Gasteiger partial charge in [0.15, 0.2) is 11.6 Å². The molecule has 0 unspecified atom stereocenters. The molecule has 6 heteroatoms. The van der Waals surface area contributed by atoms with E-state index < -0.39 is 11.6 Å². The zero-order valence-electron chi connectivity index (χ0n) is 13.7. The van der Waals surface area contributed by atoms with Gasteiger partial charge in [0, 0.05) is 25.4 Å². The fourth-order valence-corrected chi connectivity index (χ4v) is 2.87. The molecule has 0 aliphatic carbocycles. The van der Waals surface area contributed by atoms with Crippen LogP contribution in [0.4, 0.5) is 8.78 Å². The third-order valence-electron chi connectivity index (χ3n) is 4.28. The first-order chi connectivity index (χ1) is 11.6. The Morgan fingerprint density at radius 3 is 2.83 bits per heavy atom. The maximum atomic E-state index is 13.1. The van der Waals surface area contributed by atoms with Crippen LogP contribution in [-0.2, 0) is 16.0 Å². The average molecular weight is 338 g/mol. The molecule has 1 aliphatic rings. The molecule has 1 aromatic rings. The lowest BCUT2D eigenvalue weighted by atomic mass is 9.98. The van der Waals surface area contributed by atoms with Gasteiger partial charge in [-0.15, -0.1) is 0 Å². The fourth-order valence-electron chi connectivity index (χ4n) is 2.87. The number of halogens is 2. The average Bonchev–Trinajstić information content (AvgIpc) is 2.75. The Bertz CT molecular complexity index is 578. The van der Waals surface area contributed by atoms with Crippen molar-refractivity contribution in [2.75, 3.05) is 13.1 Å². The molecule has 0 aromatic heterocycles. The highest BCUT2D eigenvalue weighted by molar-refractivity contribution is 5.85. The third-order valence-corrected chi connectivity index (χ3v) is 4.28. The first-order valence-corrected chi connectivity index (χ1v) is 8.54. The Morgan fingerprint density at radius 1 is 1.21 bits per heavy atom. The van der Waals surface area contributed by atoms with Gasteiger partial charge in [-0.2, -0.15) is 0 Å². The number of unbranched alkanes of at least 4 members (excludes halogenated alkanes) is 1. The van der Waals surface area contributed by atoms with E-state index in [1.54, 1.807) is 6.07 Å². The van der Waals surface area contributed by atoms with E-state index in [0.717, 1.165) is 43.7 Å². The van der Waals surface area contributed by atoms with E-state index >= 15 is 0 Å². The standard InChI is InChI=1S/C18H24F2N2O2/c19-15-8-7-13(11-16(15)20)5-1-3-9-21-17(23)12-14-6-2-4-10-22-18(14)24/h7-8,11,14H,1-6,9-10,12H2,(H,21,23)(H,22,24)/t14-/m0/s1. The molecule has 132 valence electrons. The largest absolute Gasteiger partial charge is 0.356 e. The minimum atomic E-state index is -0.839. The number of benzene rings is 1. The lowest BCUT2D eigenvalue weighted by Gasteiger charge is -2.12. The summed E-state index contributed by atoms with van der Waals surface area (Å²) >= 11 is 0. The van der Waals surface area contributed by atoms with Crippen LogP contribution < -0.4 is 10.6 Å². The van der Waals surface area contributed by atoms with Crippen molar-refractivity contribution in [3.63, 3.8) is 0 Å². The summed E-state index contributed by atoms with van der Waals surface area (Å²) in [6, 6.07) is 3.91. The van der Waals surface area contributed by atoms with Gasteiger partial charge in [0.05, 0.1) is 0 Å². The summed E-state index contributed by atoms with van der Waals surface area (Å²) in [7, 11) is 0. The minimum absolute atomic E-state index is 0.0269. The van der Waals surface area contributed by atoms with Gasteiger partial charge >= 0.3 is 0 Å². The summed E-state index contributed by atoms with van der Waals surface area (Å²) in [5, 5.41) is 5.65. The van der Waals surface area contributed by atoms with Crippen molar-refractivity contribution < 1.29 is 18.4 Å². The van der Waals surface area contributed by atoms with Crippen molar-refractivity contribution in [3.05, 3.63) is 35.4 Å². The van der Waals surface area contributed by atoms with Crippen molar-refractivity contribution in [2.24, 2.45) is 5.92 Å². The molecule has 0 spiro atoms.